The summed E-state index contributed by atoms with van der Waals surface area (Å²) in [5, 5.41) is 3.18. The van der Waals surface area contributed by atoms with E-state index in [4.69, 9.17) is 16.3 Å². The first-order chi connectivity index (χ1) is 14.1. The van der Waals surface area contributed by atoms with Gasteiger partial charge in [-0.3, -0.25) is 4.79 Å². The molecule has 0 bridgehead atoms. The molecule has 2 heterocycles. The summed E-state index contributed by atoms with van der Waals surface area (Å²) >= 11 is 5.90. The Balaban J connectivity index is 1.61. The number of piperidine rings is 1. The molecule has 4 rings (SSSR count). The van der Waals surface area contributed by atoms with Crippen LogP contribution in [0.1, 0.15) is 24.8 Å². The summed E-state index contributed by atoms with van der Waals surface area (Å²) in [5.74, 6) is 0.243. The molecule has 29 heavy (non-hydrogen) atoms. The maximum atomic E-state index is 12.8. The third kappa shape index (κ3) is 3.93. The van der Waals surface area contributed by atoms with Gasteiger partial charge in [-0.25, -0.2) is 9.69 Å². The monoisotopic (exact) mass is 411 g/mol. The van der Waals surface area contributed by atoms with Gasteiger partial charge in [0.1, 0.15) is 11.4 Å². The molecule has 150 valence electrons. The van der Waals surface area contributed by atoms with Crippen molar-refractivity contribution >= 4 is 41.0 Å². The van der Waals surface area contributed by atoms with E-state index in [0.717, 1.165) is 29.2 Å². The standard InChI is InChI=1S/C22H22ClN3O3/c1-29-20-14-18(25-11-3-2-4-12-25)8-5-15(20)13-19-21(27)26(22(28)24-19)17-9-6-16(23)7-10-17/h5-10,13-14H,2-4,11-12H2,1H3,(H,24,28)/b19-13+. The van der Waals surface area contributed by atoms with Crippen LogP contribution in [0.5, 0.6) is 5.75 Å². The maximum Gasteiger partial charge on any atom is 0.333 e. The van der Waals surface area contributed by atoms with Crippen LogP contribution in [0, 0.1) is 0 Å². The van der Waals surface area contributed by atoms with Crippen molar-refractivity contribution in [1.82, 2.24) is 5.32 Å². The lowest BCUT2D eigenvalue weighted by Crippen LogP contribution is -2.30. The summed E-state index contributed by atoms with van der Waals surface area (Å²) < 4.78 is 5.55. The number of nitrogens with zero attached hydrogens (tertiary/aromatic N) is 2. The second kappa shape index (κ2) is 8.17. The molecule has 6 nitrogen and oxygen atoms in total. The topological polar surface area (TPSA) is 61.9 Å². The van der Waals surface area contributed by atoms with E-state index in [9.17, 15) is 9.59 Å². The summed E-state index contributed by atoms with van der Waals surface area (Å²) in [5.41, 5.74) is 2.50. The van der Waals surface area contributed by atoms with Gasteiger partial charge in [0.2, 0.25) is 0 Å². The molecule has 0 radical (unpaired) electrons. The second-order valence-corrected chi connectivity index (χ2v) is 7.52. The van der Waals surface area contributed by atoms with E-state index in [1.165, 1.54) is 19.3 Å². The Morgan fingerprint density at radius 3 is 2.38 bits per heavy atom. The molecule has 0 unspecified atom stereocenters. The highest BCUT2D eigenvalue weighted by Crippen LogP contribution is 2.30. The number of carbonyl (C=O) groups excluding carboxylic acids is 2. The van der Waals surface area contributed by atoms with Crippen molar-refractivity contribution in [3.8, 4) is 5.75 Å². The van der Waals surface area contributed by atoms with Gasteiger partial charge < -0.3 is 15.0 Å². The number of hydrogen-bond donors (Lipinski definition) is 1. The van der Waals surface area contributed by atoms with Crippen molar-refractivity contribution in [2.45, 2.75) is 19.3 Å². The highest BCUT2D eigenvalue weighted by Gasteiger charge is 2.35. The number of anilines is 2. The predicted molar refractivity (Wildman–Crippen MR) is 115 cm³/mol. The van der Waals surface area contributed by atoms with Gasteiger partial charge in [0.05, 0.1) is 12.8 Å². The average Bonchev–Trinajstić information content (AvgIpc) is 3.02. The van der Waals surface area contributed by atoms with Crippen molar-refractivity contribution in [1.29, 1.82) is 0 Å². The first-order valence-corrected chi connectivity index (χ1v) is 10.0. The number of rotatable bonds is 4. The largest absolute Gasteiger partial charge is 0.496 e. The van der Waals surface area contributed by atoms with Crippen molar-refractivity contribution in [2.75, 3.05) is 30.0 Å². The molecule has 3 amide bonds. The highest BCUT2D eigenvalue weighted by atomic mass is 35.5. The number of methoxy groups -OCH3 is 1. The van der Waals surface area contributed by atoms with E-state index < -0.39 is 11.9 Å². The van der Waals surface area contributed by atoms with Crippen molar-refractivity contribution in [3.05, 3.63) is 58.7 Å². The number of urea groups is 1. The highest BCUT2D eigenvalue weighted by molar-refractivity contribution is 6.31. The van der Waals surface area contributed by atoms with Gasteiger partial charge in [0, 0.05) is 35.4 Å². The first kappa shape index (κ1) is 19.3. The summed E-state index contributed by atoms with van der Waals surface area (Å²) in [6.45, 7) is 2.07. The predicted octanol–water partition coefficient (Wildman–Crippen LogP) is 4.44. The average molecular weight is 412 g/mol. The molecule has 0 aromatic heterocycles. The lowest BCUT2D eigenvalue weighted by Gasteiger charge is -2.29. The van der Waals surface area contributed by atoms with Crippen LogP contribution in [0.2, 0.25) is 5.02 Å². The van der Waals surface area contributed by atoms with Crippen molar-refractivity contribution in [2.24, 2.45) is 0 Å². The number of amides is 3. The molecule has 7 heteroatoms. The fourth-order valence-corrected chi connectivity index (χ4v) is 3.81. The van der Waals surface area contributed by atoms with E-state index in [-0.39, 0.29) is 5.70 Å². The van der Waals surface area contributed by atoms with Gasteiger partial charge in [0.15, 0.2) is 0 Å². The van der Waals surface area contributed by atoms with Gasteiger partial charge in [0.25, 0.3) is 5.91 Å². The van der Waals surface area contributed by atoms with Gasteiger partial charge in [-0.2, -0.15) is 0 Å². The fraction of sp³-hybridized carbons (Fsp3) is 0.273. The molecule has 2 saturated heterocycles. The first-order valence-electron chi connectivity index (χ1n) is 9.62. The Kier molecular flexibility index (Phi) is 5.45. The van der Waals surface area contributed by atoms with Crippen LogP contribution in [0.25, 0.3) is 6.08 Å². The van der Waals surface area contributed by atoms with Crippen LogP contribution in [0.3, 0.4) is 0 Å². The molecule has 0 aliphatic carbocycles. The van der Waals surface area contributed by atoms with E-state index in [1.807, 2.05) is 18.2 Å². The number of ether oxygens (including phenoxy) is 1. The zero-order valence-electron chi connectivity index (χ0n) is 16.2. The fourth-order valence-electron chi connectivity index (χ4n) is 3.68. The quantitative estimate of drug-likeness (QED) is 0.597. The van der Waals surface area contributed by atoms with Crippen LogP contribution >= 0.6 is 11.6 Å². The SMILES string of the molecule is COc1cc(N2CCCCC2)ccc1/C=C1/NC(=O)N(c2ccc(Cl)cc2)C1=O. The van der Waals surface area contributed by atoms with Crippen LogP contribution in [0.4, 0.5) is 16.2 Å². The van der Waals surface area contributed by atoms with E-state index >= 15 is 0 Å². The number of imide groups is 1. The zero-order valence-corrected chi connectivity index (χ0v) is 16.9. The Bertz CT molecular complexity index is 966. The number of benzene rings is 2. The minimum atomic E-state index is -0.493. The molecule has 0 saturated carbocycles. The van der Waals surface area contributed by atoms with E-state index in [0.29, 0.717) is 16.5 Å². The maximum absolute atomic E-state index is 12.8. The molecule has 2 aliphatic rings. The van der Waals surface area contributed by atoms with Crippen LogP contribution in [0.15, 0.2) is 48.2 Å². The van der Waals surface area contributed by atoms with Gasteiger partial charge in [-0.05, 0) is 61.7 Å². The Labute approximate surface area is 174 Å². The van der Waals surface area contributed by atoms with Crippen molar-refractivity contribution < 1.29 is 14.3 Å². The second-order valence-electron chi connectivity index (χ2n) is 7.08. The summed E-state index contributed by atoms with van der Waals surface area (Å²) in [7, 11) is 1.60. The van der Waals surface area contributed by atoms with Crippen molar-refractivity contribution in [3.63, 3.8) is 0 Å². The van der Waals surface area contributed by atoms with E-state index in [1.54, 1.807) is 37.5 Å². The molecule has 2 aliphatic heterocycles. The Morgan fingerprint density at radius 1 is 1.00 bits per heavy atom. The minimum absolute atomic E-state index is 0.203. The zero-order chi connectivity index (χ0) is 20.4. The number of halogens is 1. The third-order valence-electron chi connectivity index (χ3n) is 5.20. The Morgan fingerprint density at radius 2 is 1.69 bits per heavy atom. The van der Waals surface area contributed by atoms with Gasteiger partial charge >= 0.3 is 6.03 Å². The lowest BCUT2D eigenvalue weighted by atomic mass is 10.1. The van der Waals surface area contributed by atoms with Crippen LogP contribution in [-0.2, 0) is 4.79 Å². The smallest absolute Gasteiger partial charge is 0.333 e. The molecule has 2 aromatic carbocycles. The molecule has 2 fully saturated rings. The summed E-state index contributed by atoms with van der Waals surface area (Å²) in [6, 6.07) is 12.0. The molecular formula is C22H22ClN3O3. The normalized spacial score (nSPS) is 18.3. The third-order valence-corrected chi connectivity index (χ3v) is 5.45. The Hall–Kier alpha value is -2.99. The molecule has 0 spiro atoms. The van der Waals surface area contributed by atoms with Gasteiger partial charge in [-0.1, -0.05) is 11.6 Å². The van der Waals surface area contributed by atoms with Crippen LogP contribution < -0.4 is 19.9 Å². The molecule has 0 atom stereocenters. The number of nitrogens with one attached hydrogen (secondary N) is 1. The lowest BCUT2D eigenvalue weighted by molar-refractivity contribution is -0.113. The van der Waals surface area contributed by atoms with Crippen LogP contribution in [-0.4, -0.2) is 32.1 Å². The molecular weight excluding hydrogens is 390 g/mol. The minimum Gasteiger partial charge on any atom is -0.496 e. The van der Waals surface area contributed by atoms with E-state index in [2.05, 4.69) is 10.2 Å². The number of carbonyl (C=O) groups is 2. The molecule has 2 aromatic rings. The number of hydrogen-bond acceptors (Lipinski definition) is 4. The summed E-state index contributed by atoms with van der Waals surface area (Å²) in [6.07, 6.45) is 5.29. The van der Waals surface area contributed by atoms with Gasteiger partial charge in [-0.15, -0.1) is 0 Å². The summed E-state index contributed by atoms with van der Waals surface area (Å²) in [4.78, 5) is 28.6. The molecule has 1 N–H and O–H groups in total.